The summed E-state index contributed by atoms with van der Waals surface area (Å²) in [6.45, 7) is 3.73. The van der Waals surface area contributed by atoms with E-state index >= 15 is 0 Å². The highest BCUT2D eigenvalue weighted by Gasteiger charge is 2.17. The molecule has 0 aliphatic carbocycles. The maximum Gasteiger partial charge on any atom is 0.337 e. The molecular weight excluding hydrogens is 264 g/mol. The quantitative estimate of drug-likeness (QED) is 0.689. The largest absolute Gasteiger partial charge is 0.493 e. The van der Waals surface area contributed by atoms with Gasteiger partial charge in [-0.1, -0.05) is 6.08 Å². The Hall–Kier alpha value is -2.70. The lowest BCUT2D eigenvalue weighted by atomic mass is 10.1. The molecule has 0 atom stereocenters. The summed E-state index contributed by atoms with van der Waals surface area (Å²) in [7, 11) is 2.81. The molecule has 1 rings (SSSR count). The number of ether oxygens (including phenoxy) is 2. The Morgan fingerprint density at radius 1 is 1.30 bits per heavy atom. The molecule has 0 unspecified atom stereocenters. The molecule has 0 heterocycles. The Labute approximate surface area is 116 Å². The van der Waals surface area contributed by atoms with Crippen LogP contribution in [0.1, 0.15) is 10.4 Å². The van der Waals surface area contributed by atoms with Crippen LogP contribution in [-0.2, 0) is 0 Å². The number of carbonyl (C=O) groups is 2. The van der Waals surface area contributed by atoms with Crippen LogP contribution in [0.4, 0.5) is 10.5 Å². The molecule has 0 spiro atoms. The van der Waals surface area contributed by atoms with Crippen molar-refractivity contribution >= 4 is 17.7 Å². The van der Waals surface area contributed by atoms with Gasteiger partial charge in [-0.05, 0) is 0 Å². The van der Waals surface area contributed by atoms with E-state index in [1.807, 2.05) is 0 Å². The van der Waals surface area contributed by atoms with Crippen LogP contribution in [0.5, 0.6) is 11.5 Å². The van der Waals surface area contributed by atoms with Gasteiger partial charge in [-0.15, -0.1) is 6.58 Å². The monoisotopic (exact) mass is 280 g/mol. The average molecular weight is 280 g/mol. The minimum atomic E-state index is -1.19. The van der Waals surface area contributed by atoms with Crippen LogP contribution in [0, 0.1) is 0 Å². The van der Waals surface area contributed by atoms with E-state index in [0.717, 1.165) is 0 Å². The van der Waals surface area contributed by atoms with Crippen molar-refractivity contribution in [3.63, 3.8) is 0 Å². The molecule has 0 aliphatic rings. The second-order valence-electron chi connectivity index (χ2n) is 3.68. The fourth-order valence-electron chi connectivity index (χ4n) is 1.49. The number of aromatic carboxylic acids is 1. The van der Waals surface area contributed by atoms with Gasteiger partial charge in [0.15, 0.2) is 11.5 Å². The summed E-state index contributed by atoms with van der Waals surface area (Å²) in [5, 5.41) is 14.1. The third-order valence-electron chi connectivity index (χ3n) is 2.41. The van der Waals surface area contributed by atoms with Gasteiger partial charge in [0.1, 0.15) is 0 Å². The number of anilines is 1. The fraction of sp³-hybridized carbons (Fsp3) is 0.231. The third kappa shape index (κ3) is 3.64. The molecule has 20 heavy (non-hydrogen) atoms. The maximum atomic E-state index is 11.6. The first kappa shape index (κ1) is 15.4. The van der Waals surface area contributed by atoms with Crippen LogP contribution in [-0.4, -0.2) is 37.9 Å². The zero-order valence-corrected chi connectivity index (χ0v) is 11.2. The predicted molar refractivity (Wildman–Crippen MR) is 73.7 cm³/mol. The molecule has 108 valence electrons. The van der Waals surface area contributed by atoms with Crippen LogP contribution in [0.15, 0.2) is 24.8 Å². The first-order chi connectivity index (χ1) is 9.53. The summed E-state index contributed by atoms with van der Waals surface area (Å²) in [6.07, 6.45) is 1.51. The second kappa shape index (κ2) is 7.03. The average Bonchev–Trinajstić information content (AvgIpc) is 2.44. The topological polar surface area (TPSA) is 96.9 Å². The normalized spacial score (nSPS) is 9.50. The summed E-state index contributed by atoms with van der Waals surface area (Å²) < 4.78 is 10.1. The van der Waals surface area contributed by atoms with Crippen molar-refractivity contribution in [2.75, 3.05) is 26.1 Å². The summed E-state index contributed by atoms with van der Waals surface area (Å²) in [5.41, 5.74) is 0.00751. The number of methoxy groups -OCH3 is 2. The Kier molecular flexibility index (Phi) is 5.40. The summed E-state index contributed by atoms with van der Waals surface area (Å²) >= 11 is 0. The van der Waals surface area contributed by atoms with Gasteiger partial charge < -0.3 is 25.2 Å². The molecular formula is C13H16N2O5. The molecule has 7 nitrogen and oxygen atoms in total. The van der Waals surface area contributed by atoms with Gasteiger partial charge in [0.25, 0.3) is 0 Å². The fourth-order valence-corrected chi connectivity index (χ4v) is 1.49. The number of benzene rings is 1. The molecule has 0 saturated heterocycles. The van der Waals surface area contributed by atoms with Crippen molar-refractivity contribution in [3.8, 4) is 11.5 Å². The molecule has 3 N–H and O–H groups in total. The van der Waals surface area contributed by atoms with Crippen molar-refractivity contribution in [1.29, 1.82) is 0 Å². The number of nitrogens with one attached hydrogen (secondary N) is 2. The van der Waals surface area contributed by atoms with E-state index < -0.39 is 12.0 Å². The highest BCUT2D eigenvalue weighted by molar-refractivity contribution is 6.01. The van der Waals surface area contributed by atoms with Crippen LogP contribution >= 0.6 is 0 Å². The van der Waals surface area contributed by atoms with Crippen LogP contribution in [0.25, 0.3) is 0 Å². The predicted octanol–water partition coefficient (Wildman–Crippen LogP) is 1.71. The van der Waals surface area contributed by atoms with Crippen molar-refractivity contribution in [2.45, 2.75) is 0 Å². The van der Waals surface area contributed by atoms with Gasteiger partial charge in [0.05, 0.1) is 25.5 Å². The summed E-state index contributed by atoms with van der Waals surface area (Å²) in [4.78, 5) is 22.8. The standard InChI is InChI=1S/C13H16N2O5/c1-4-5-14-13(18)15-9-7-11(20-3)10(19-2)6-8(9)12(16)17/h4,6-7H,1,5H2,2-3H3,(H,16,17)(H2,14,15,18). The Morgan fingerprint density at radius 3 is 2.40 bits per heavy atom. The van der Waals surface area contributed by atoms with Gasteiger partial charge >= 0.3 is 12.0 Å². The van der Waals surface area contributed by atoms with E-state index in [9.17, 15) is 9.59 Å². The second-order valence-corrected chi connectivity index (χ2v) is 3.68. The number of carboxylic acids is 1. The zero-order valence-electron chi connectivity index (χ0n) is 11.2. The van der Waals surface area contributed by atoms with Crippen molar-refractivity contribution in [3.05, 3.63) is 30.4 Å². The Balaban J connectivity index is 3.12. The lowest BCUT2D eigenvalue weighted by molar-refractivity contribution is 0.0697. The molecule has 0 saturated carbocycles. The van der Waals surface area contributed by atoms with E-state index in [4.69, 9.17) is 14.6 Å². The van der Waals surface area contributed by atoms with Crippen molar-refractivity contribution in [2.24, 2.45) is 0 Å². The molecule has 1 aromatic rings. The molecule has 0 aromatic heterocycles. The first-order valence-corrected chi connectivity index (χ1v) is 5.68. The van der Waals surface area contributed by atoms with Crippen LogP contribution in [0.2, 0.25) is 0 Å². The molecule has 1 aromatic carbocycles. The highest BCUT2D eigenvalue weighted by atomic mass is 16.5. The summed E-state index contributed by atoms with van der Waals surface area (Å²) in [6, 6.07) is 2.12. The van der Waals surface area contributed by atoms with E-state index in [1.54, 1.807) is 0 Å². The Morgan fingerprint density at radius 2 is 1.90 bits per heavy atom. The third-order valence-corrected chi connectivity index (χ3v) is 2.41. The summed E-state index contributed by atoms with van der Waals surface area (Å²) in [5.74, 6) is -0.608. The first-order valence-electron chi connectivity index (χ1n) is 5.68. The highest BCUT2D eigenvalue weighted by Crippen LogP contribution is 2.33. The van der Waals surface area contributed by atoms with E-state index in [-0.39, 0.29) is 23.5 Å². The molecule has 0 radical (unpaired) electrons. The molecule has 0 aliphatic heterocycles. The number of hydrogen-bond donors (Lipinski definition) is 3. The molecule has 0 bridgehead atoms. The van der Waals surface area contributed by atoms with E-state index in [1.165, 1.54) is 32.4 Å². The number of urea groups is 1. The van der Waals surface area contributed by atoms with Crippen molar-refractivity contribution < 1.29 is 24.2 Å². The van der Waals surface area contributed by atoms with E-state index in [0.29, 0.717) is 5.75 Å². The van der Waals surface area contributed by atoms with Gasteiger partial charge in [-0.2, -0.15) is 0 Å². The molecule has 7 heteroatoms. The van der Waals surface area contributed by atoms with Gasteiger partial charge in [0, 0.05) is 18.7 Å². The number of rotatable bonds is 6. The van der Waals surface area contributed by atoms with Crippen LogP contribution < -0.4 is 20.1 Å². The number of hydrogen-bond acceptors (Lipinski definition) is 4. The van der Waals surface area contributed by atoms with Crippen LogP contribution in [0.3, 0.4) is 0 Å². The number of amides is 2. The van der Waals surface area contributed by atoms with Crippen molar-refractivity contribution in [1.82, 2.24) is 5.32 Å². The van der Waals surface area contributed by atoms with E-state index in [2.05, 4.69) is 17.2 Å². The maximum absolute atomic E-state index is 11.6. The zero-order chi connectivity index (χ0) is 15.1. The number of carboxylic acid groups (broad SMARTS) is 1. The number of carbonyl (C=O) groups excluding carboxylic acids is 1. The molecule has 2 amide bonds. The minimum absolute atomic E-state index is 0.101. The SMILES string of the molecule is C=CCNC(=O)Nc1cc(OC)c(OC)cc1C(=O)O. The minimum Gasteiger partial charge on any atom is -0.493 e. The van der Waals surface area contributed by atoms with Gasteiger partial charge in [0.2, 0.25) is 0 Å². The lowest BCUT2D eigenvalue weighted by Crippen LogP contribution is -2.29. The Bertz CT molecular complexity index is 528. The molecule has 0 fully saturated rings. The van der Waals surface area contributed by atoms with Gasteiger partial charge in [-0.3, -0.25) is 0 Å². The smallest absolute Gasteiger partial charge is 0.337 e. The lowest BCUT2D eigenvalue weighted by Gasteiger charge is -2.13. The van der Waals surface area contributed by atoms with Gasteiger partial charge in [-0.25, -0.2) is 9.59 Å².